The van der Waals surface area contributed by atoms with Crippen molar-refractivity contribution >= 4 is 22.5 Å². The predicted molar refractivity (Wildman–Crippen MR) is 177 cm³/mol. The van der Waals surface area contributed by atoms with E-state index in [1.165, 1.54) is 13.2 Å². The summed E-state index contributed by atoms with van der Waals surface area (Å²) >= 11 is 0. The molecule has 8 nitrogen and oxygen atoms in total. The number of nitrogens with one attached hydrogen (secondary N) is 2. The topological polar surface area (TPSA) is 83.8 Å². The maximum atomic E-state index is 14.6. The third-order valence-electron chi connectivity index (χ3n) is 10.1. The van der Waals surface area contributed by atoms with Crippen LogP contribution in [0, 0.1) is 23.1 Å². The maximum absolute atomic E-state index is 14.6. The number of hydrogen-bond donors (Lipinski definition) is 2. The van der Waals surface area contributed by atoms with E-state index in [0.29, 0.717) is 58.0 Å². The van der Waals surface area contributed by atoms with Gasteiger partial charge in [0.1, 0.15) is 11.6 Å². The number of halogens is 1. The standard InChI is InChI=1S/C35H49FN6O2/c1-21-18-41(19-22(2)38-21)34(40-31-13-14-35(6,7)25(5)24(31)4)39-27-10-12-29-32(16-27)37-20-42(33(29)43)23(3)15-26-9-11-28(44-8)17-30(26)36/h9-12,16-17,20-25,31,38H,13-15,18-19H2,1-8H3,(H,39,40)/t21-,22+,23-,24?,25+,31+/m1/s1. The first-order chi connectivity index (χ1) is 20.9. The van der Waals surface area contributed by atoms with Crippen LogP contribution in [-0.2, 0) is 6.42 Å². The van der Waals surface area contributed by atoms with Crippen molar-refractivity contribution in [3.8, 4) is 5.75 Å². The maximum Gasteiger partial charge on any atom is 0.261 e. The number of benzene rings is 2. The van der Waals surface area contributed by atoms with Crippen LogP contribution in [0.15, 0.2) is 52.5 Å². The molecule has 1 aromatic heterocycles. The van der Waals surface area contributed by atoms with Crippen LogP contribution >= 0.6 is 0 Å². The zero-order valence-electron chi connectivity index (χ0n) is 27.5. The number of guanidine groups is 1. The minimum Gasteiger partial charge on any atom is -0.497 e. The number of piperazine rings is 1. The number of nitrogens with zero attached hydrogens (tertiary/aromatic N) is 4. The van der Waals surface area contributed by atoms with Gasteiger partial charge in [-0.15, -0.1) is 0 Å². The third kappa shape index (κ3) is 6.77. The van der Waals surface area contributed by atoms with Crippen LogP contribution in [0.2, 0.25) is 0 Å². The molecule has 0 radical (unpaired) electrons. The lowest BCUT2D eigenvalue weighted by Gasteiger charge is -2.45. The number of rotatable bonds is 6. The summed E-state index contributed by atoms with van der Waals surface area (Å²) in [5, 5.41) is 7.79. The highest BCUT2D eigenvalue weighted by Crippen LogP contribution is 2.44. The highest BCUT2D eigenvalue weighted by Gasteiger charge is 2.39. The Hall–Kier alpha value is -3.46. The highest BCUT2D eigenvalue weighted by molar-refractivity contribution is 5.96. The Labute approximate surface area is 261 Å². The van der Waals surface area contributed by atoms with Gasteiger partial charge in [0, 0.05) is 43.0 Å². The zero-order chi connectivity index (χ0) is 31.8. The van der Waals surface area contributed by atoms with E-state index in [9.17, 15) is 9.18 Å². The molecule has 6 atom stereocenters. The average Bonchev–Trinajstić information content (AvgIpc) is 2.97. The lowest BCUT2D eigenvalue weighted by molar-refractivity contribution is 0.0827. The molecule has 0 bridgehead atoms. The fourth-order valence-electron chi connectivity index (χ4n) is 6.98. The van der Waals surface area contributed by atoms with Gasteiger partial charge in [0.2, 0.25) is 0 Å². The molecule has 1 aliphatic carbocycles. The number of methoxy groups -OCH3 is 1. The van der Waals surface area contributed by atoms with E-state index in [1.54, 1.807) is 23.0 Å². The highest BCUT2D eigenvalue weighted by atomic mass is 19.1. The van der Waals surface area contributed by atoms with Gasteiger partial charge >= 0.3 is 0 Å². The first-order valence-electron chi connectivity index (χ1n) is 16.1. The van der Waals surface area contributed by atoms with E-state index in [2.05, 4.69) is 62.1 Å². The molecule has 3 aromatic rings. The summed E-state index contributed by atoms with van der Waals surface area (Å²) in [6.07, 6.45) is 4.16. The fourth-order valence-corrected chi connectivity index (χ4v) is 6.98. The van der Waals surface area contributed by atoms with Crippen LogP contribution in [-0.4, -0.2) is 58.7 Å². The summed E-state index contributed by atoms with van der Waals surface area (Å²) in [6, 6.07) is 11.2. The molecule has 2 fully saturated rings. The van der Waals surface area contributed by atoms with E-state index >= 15 is 0 Å². The van der Waals surface area contributed by atoms with Crippen LogP contribution < -0.4 is 20.9 Å². The molecule has 2 aromatic carbocycles. The third-order valence-corrected chi connectivity index (χ3v) is 10.1. The lowest BCUT2D eigenvalue weighted by Crippen LogP contribution is -2.57. The molecule has 44 heavy (non-hydrogen) atoms. The zero-order valence-corrected chi connectivity index (χ0v) is 27.5. The summed E-state index contributed by atoms with van der Waals surface area (Å²) < 4.78 is 21.3. The van der Waals surface area contributed by atoms with E-state index in [1.807, 2.05) is 25.1 Å². The molecule has 1 saturated heterocycles. The molecule has 5 rings (SSSR count). The molecular weight excluding hydrogens is 555 g/mol. The van der Waals surface area contributed by atoms with Gasteiger partial charge in [0.25, 0.3) is 5.56 Å². The molecule has 238 valence electrons. The average molecular weight is 605 g/mol. The largest absolute Gasteiger partial charge is 0.497 e. The molecular formula is C35H49FN6O2. The van der Waals surface area contributed by atoms with Crippen LogP contribution in [0.3, 0.4) is 0 Å². The molecule has 0 amide bonds. The Bertz CT molecular complexity index is 1560. The van der Waals surface area contributed by atoms with Gasteiger partial charge < -0.3 is 20.3 Å². The Kier molecular flexibility index (Phi) is 9.35. The Balaban J connectivity index is 1.41. The molecule has 2 N–H and O–H groups in total. The van der Waals surface area contributed by atoms with Crippen molar-refractivity contribution in [3.05, 3.63) is 64.5 Å². The number of anilines is 1. The normalized spacial score (nSPS) is 26.4. The molecule has 1 saturated carbocycles. The second-order valence-electron chi connectivity index (χ2n) is 13.9. The Morgan fingerprint density at radius 1 is 1.16 bits per heavy atom. The van der Waals surface area contributed by atoms with E-state index < -0.39 is 0 Å². The molecule has 9 heteroatoms. The van der Waals surface area contributed by atoms with E-state index in [-0.39, 0.29) is 23.5 Å². The first-order valence-corrected chi connectivity index (χ1v) is 16.1. The van der Waals surface area contributed by atoms with Gasteiger partial charge in [0.05, 0.1) is 30.4 Å². The number of aromatic nitrogens is 2. The minimum absolute atomic E-state index is 0.144. The SMILES string of the molecule is COc1ccc(C[C@@H](C)n2cnc3cc(NC(=N[C@H]4CCC(C)(C)[C@@H](C)C4C)N4C[C@@H](C)N[C@@H](C)C4)ccc3c2=O)c(F)c1. The molecule has 2 aliphatic rings. The Morgan fingerprint density at radius 3 is 2.57 bits per heavy atom. The van der Waals surface area contributed by atoms with Crippen molar-refractivity contribution in [1.29, 1.82) is 0 Å². The second kappa shape index (κ2) is 12.9. The molecule has 2 heterocycles. The quantitative estimate of drug-likeness (QED) is 0.255. The summed E-state index contributed by atoms with van der Waals surface area (Å²) in [5.41, 5.74) is 2.16. The summed E-state index contributed by atoms with van der Waals surface area (Å²) in [4.78, 5) is 25.9. The van der Waals surface area contributed by atoms with Crippen molar-refractivity contribution < 1.29 is 9.13 Å². The van der Waals surface area contributed by atoms with Crippen molar-refractivity contribution in [3.63, 3.8) is 0 Å². The van der Waals surface area contributed by atoms with Crippen molar-refractivity contribution in [1.82, 2.24) is 19.8 Å². The van der Waals surface area contributed by atoms with Gasteiger partial charge in [-0.05, 0) is 87.1 Å². The second-order valence-corrected chi connectivity index (χ2v) is 13.9. The number of hydrogen-bond acceptors (Lipinski definition) is 5. The van der Waals surface area contributed by atoms with Gasteiger partial charge in [-0.3, -0.25) is 9.36 Å². The van der Waals surface area contributed by atoms with Gasteiger partial charge in [-0.2, -0.15) is 0 Å². The number of fused-ring (bicyclic) bond motifs is 1. The molecule has 1 unspecified atom stereocenters. The monoisotopic (exact) mass is 604 g/mol. The van der Waals surface area contributed by atoms with Gasteiger partial charge in [0.15, 0.2) is 5.96 Å². The van der Waals surface area contributed by atoms with E-state index in [0.717, 1.165) is 37.6 Å². The van der Waals surface area contributed by atoms with Gasteiger partial charge in [-0.1, -0.05) is 33.8 Å². The lowest BCUT2D eigenvalue weighted by atomic mass is 9.63. The Morgan fingerprint density at radius 2 is 1.89 bits per heavy atom. The van der Waals surface area contributed by atoms with E-state index in [4.69, 9.17) is 9.73 Å². The summed E-state index contributed by atoms with van der Waals surface area (Å²) in [7, 11) is 1.51. The minimum atomic E-state index is -0.347. The van der Waals surface area contributed by atoms with Crippen molar-refractivity contribution in [2.45, 2.75) is 91.9 Å². The van der Waals surface area contributed by atoms with Crippen molar-refractivity contribution in [2.75, 3.05) is 25.5 Å². The van der Waals surface area contributed by atoms with Crippen LogP contribution in [0.25, 0.3) is 10.9 Å². The van der Waals surface area contributed by atoms with Gasteiger partial charge in [-0.25, -0.2) is 14.4 Å². The van der Waals surface area contributed by atoms with Crippen molar-refractivity contribution in [2.24, 2.45) is 22.2 Å². The summed E-state index contributed by atoms with van der Waals surface area (Å²) in [5.74, 6) is 2.05. The smallest absolute Gasteiger partial charge is 0.261 e. The molecule has 1 aliphatic heterocycles. The molecule has 0 spiro atoms. The van der Waals surface area contributed by atoms with Crippen LogP contribution in [0.5, 0.6) is 5.75 Å². The van der Waals surface area contributed by atoms with Crippen LogP contribution in [0.1, 0.15) is 72.9 Å². The first kappa shape index (κ1) is 31.9. The number of ether oxygens (including phenoxy) is 1. The van der Waals surface area contributed by atoms with Crippen LogP contribution in [0.4, 0.5) is 10.1 Å². The fraction of sp³-hybridized carbons (Fsp3) is 0.571. The summed E-state index contributed by atoms with van der Waals surface area (Å²) in [6.45, 7) is 17.5. The number of aliphatic imine (C=N–C) groups is 1. The predicted octanol–water partition coefficient (Wildman–Crippen LogP) is 6.26.